The SMILES string of the molecule is CCCCCCc1nc2c([nH]1)CC(C)C(C)C2. The summed E-state index contributed by atoms with van der Waals surface area (Å²) < 4.78 is 0. The van der Waals surface area contributed by atoms with Gasteiger partial charge in [0.25, 0.3) is 0 Å². The van der Waals surface area contributed by atoms with Gasteiger partial charge in [-0.3, -0.25) is 0 Å². The minimum Gasteiger partial charge on any atom is -0.346 e. The summed E-state index contributed by atoms with van der Waals surface area (Å²) in [5.41, 5.74) is 2.77. The molecule has 2 rings (SSSR count). The molecule has 1 aromatic heterocycles. The maximum atomic E-state index is 4.78. The van der Waals surface area contributed by atoms with Gasteiger partial charge in [0.2, 0.25) is 0 Å². The lowest BCUT2D eigenvalue weighted by atomic mass is 9.82. The van der Waals surface area contributed by atoms with Crippen LogP contribution in [-0.2, 0) is 19.3 Å². The van der Waals surface area contributed by atoms with Crippen molar-refractivity contribution in [2.45, 2.75) is 65.7 Å². The van der Waals surface area contributed by atoms with Crippen LogP contribution in [0.25, 0.3) is 0 Å². The first kappa shape index (κ1) is 12.7. The minimum absolute atomic E-state index is 0.791. The molecule has 0 aliphatic heterocycles. The Hall–Kier alpha value is -0.790. The van der Waals surface area contributed by atoms with Crippen LogP contribution in [0.5, 0.6) is 0 Å². The Labute approximate surface area is 105 Å². The van der Waals surface area contributed by atoms with Crippen molar-refractivity contribution in [3.05, 3.63) is 17.2 Å². The molecule has 0 aromatic carbocycles. The van der Waals surface area contributed by atoms with E-state index in [1.54, 1.807) is 0 Å². The average Bonchev–Trinajstić information content (AvgIpc) is 2.67. The number of unbranched alkanes of at least 4 members (excludes halogenated alkanes) is 3. The number of aromatic nitrogens is 2. The largest absolute Gasteiger partial charge is 0.346 e. The number of aryl methyl sites for hydroxylation is 1. The molecule has 1 N–H and O–H groups in total. The number of hydrogen-bond acceptors (Lipinski definition) is 1. The van der Waals surface area contributed by atoms with E-state index >= 15 is 0 Å². The van der Waals surface area contributed by atoms with Crippen LogP contribution in [0.15, 0.2) is 0 Å². The van der Waals surface area contributed by atoms with Crippen molar-refractivity contribution in [1.82, 2.24) is 9.97 Å². The Morgan fingerprint density at radius 1 is 1.12 bits per heavy atom. The number of rotatable bonds is 5. The van der Waals surface area contributed by atoms with E-state index in [4.69, 9.17) is 4.98 Å². The van der Waals surface area contributed by atoms with Crippen molar-refractivity contribution in [2.24, 2.45) is 11.8 Å². The lowest BCUT2D eigenvalue weighted by molar-refractivity contribution is 0.355. The summed E-state index contributed by atoms with van der Waals surface area (Å²) in [6.45, 7) is 6.97. The summed E-state index contributed by atoms with van der Waals surface area (Å²) in [5, 5.41) is 0. The number of hydrogen-bond donors (Lipinski definition) is 1. The fourth-order valence-corrected chi connectivity index (χ4v) is 2.71. The number of nitrogens with zero attached hydrogens (tertiary/aromatic N) is 1. The number of H-pyrrole nitrogens is 1. The second-order valence-corrected chi connectivity index (χ2v) is 5.78. The molecule has 0 radical (unpaired) electrons. The maximum absolute atomic E-state index is 4.78. The summed E-state index contributed by atoms with van der Waals surface area (Å²) in [6.07, 6.45) is 8.79. The second kappa shape index (κ2) is 5.70. The van der Waals surface area contributed by atoms with Gasteiger partial charge in [-0.25, -0.2) is 4.98 Å². The normalized spacial score (nSPS) is 23.7. The third-order valence-corrected chi connectivity index (χ3v) is 4.19. The Bertz CT molecular complexity index is 326. The highest BCUT2D eigenvalue weighted by Crippen LogP contribution is 2.28. The number of nitrogens with one attached hydrogen (secondary N) is 1. The predicted octanol–water partition coefficient (Wildman–Crippen LogP) is 3.90. The first-order valence-electron chi connectivity index (χ1n) is 7.27. The van der Waals surface area contributed by atoms with Gasteiger partial charge in [0.05, 0.1) is 5.69 Å². The number of aromatic amines is 1. The van der Waals surface area contributed by atoms with Crippen LogP contribution >= 0.6 is 0 Å². The molecular formula is C15H26N2. The third kappa shape index (κ3) is 3.11. The molecule has 1 aromatic rings. The zero-order chi connectivity index (χ0) is 12.3. The fraction of sp³-hybridized carbons (Fsp3) is 0.800. The van der Waals surface area contributed by atoms with Crippen molar-refractivity contribution in [2.75, 3.05) is 0 Å². The predicted molar refractivity (Wildman–Crippen MR) is 72.2 cm³/mol. The van der Waals surface area contributed by atoms with Crippen LogP contribution in [0.4, 0.5) is 0 Å². The van der Waals surface area contributed by atoms with Gasteiger partial charge in [-0.05, 0) is 31.1 Å². The van der Waals surface area contributed by atoms with E-state index in [2.05, 4.69) is 25.8 Å². The highest BCUT2D eigenvalue weighted by atomic mass is 14.9. The Morgan fingerprint density at radius 3 is 2.65 bits per heavy atom. The van der Waals surface area contributed by atoms with Crippen LogP contribution in [-0.4, -0.2) is 9.97 Å². The highest BCUT2D eigenvalue weighted by Gasteiger charge is 2.24. The molecule has 96 valence electrons. The van der Waals surface area contributed by atoms with Crippen LogP contribution in [0, 0.1) is 11.8 Å². The monoisotopic (exact) mass is 234 g/mol. The molecule has 0 fully saturated rings. The summed E-state index contributed by atoms with van der Waals surface area (Å²) in [7, 11) is 0. The van der Waals surface area contributed by atoms with Gasteiger partial charge in [-0.2, -0.15) is 0 Å². The van der Waals surface area contributed by atoms with Gasteiger partial charge < -0.3 is 4.98 Å². The molecule has 0 amide bonds. The molecule has 0 saturated carbocycles. The molecule has 17 heavy (non-hydrogen) atoms. The minimum atomic E-state index is 0.791. The van der Waals surface area contributed by atoms with E-state index in [1.807, 2.05) is 0 Å². The molecule has 0 spiro atoms. The van der Waals surface area contributed by atoms with E-state index in [-0.39, 0.29) is 0 Å². The standard InChI is InChI=1S/C15H26N2/c1-4-5-6-7-8-15-16-13-9-11(2)12(3)10-14(13)17-15/h11-12H,4-10H2,1-3H3,(H,16,17). The van der Waals surface area contributed by atoms with Crippen molar-refractivity contribution < 1.29 is 0 Å². The molecule has 1 aliphatic carbocycles. The lowest BCUT2D eigenvalue weighted by Crippen LogP contribution is -2.20. The van der Waals surface area contributed by atoms with E-state index in [1.165, 1.54) is 55.7 Å². The maximum Gasteiger partial charge on any atom is 0.106 e. The zero-order valence-electron chi connectivity index (χ0n) is 11.6. The van der Waals surface area contributed by atoms with Crippen molar-refractivity contribution in [1.29, 1.82) is 0 Å². The van der Waals surface area contributed by atoms with Crippen LogP contribution in [0.3, 0.4) is 0 Å². The van der Waals surface area contributed by atoms with Crippen molar-refractivity contribution in [3.8, 4) is 0 Å². The smallest absolute Gasteiger partial charge is 0.106 e. The van der Waals surface area contributed by atoms with Crippen molar-refractivity contribution in [3.63, 3.8) is 0 Å². The van der Waals surface area contributed by atoms with Gasteiger partial charge in [0.1, 0.15) is 5.82 Å². The lowest BCUT2D eigenvalue weighted by Gasteiger charge is -2.24. The molecule has 2 heteroatoms. The highest BCUT2D eigenvalue weighted by molar-refractivity contribution is 5.19. The van der Waals surface area contributed by atoms with Gasteiger partial charge >= 0.3 is 0 Å². The first-order valence-corrected chi connectivity index (χ1v) is 7.27. The molecule has 2 nitrogen and oxygen atoms in total. The first-order chi connectivity index (χ1) is 8.20. The van der Waals surface area contributed by atoms with Gasteiger partial charge in [-0.15, -0.1) is 0 Å². The summed E-state index contributed by atoms with van der Waals surface area (Å²) in [6, 6.07) is 0. The van der Waals surface area contributed by atoms with E-state index < -0.39 is 0 Å². The van der Waals surface area contributed by atoms with E-state index in [0.29, 0.717) is 0 Å². The third-order valence-electron chi connectivity index (χ3n) is 4.19. The van der Waals surface area contributed by atoms with Gasteiger partial charge in [-0.1, -0.05) is 40.0 Å². The summed E-state index contributed by atoms with van der Waals surface area (Å²) in [5.74, 6) is 2.82. The molecule has 0 bridgehead atoms. The van der Waals surface area contributed by atoms with E-state index in [9.17, 15) is 0 Å². The van der Waals surface area contributed by atoms with E-state index in [0.717, 1.165) is 18.3 Å². The van der Waals surface area contributed by atoms with Crippen LogP contribution in [0.1, 0.15) is 63.7 Å². The number of imidazole rings is 1. The second-order valence-electron chi connectivity index (χ2n) is 5.78. The fourth-order valence-electron chi connectivity index (χ4n) is 2.71. The topological polar surface area (TPSA) is 28.7 Å². The molecule has 2 unspecified atom stereocenters. The van der Waals surface area contributed by atoms with Gasteiger partial charge in [0, 0.05) is 12.1 Å². The summed E-state index contributed by atoms with van der Waals surface area (Å²) in [4.78, 5) is 8.33. The molecule has 2 atom stereocenters. The van der Waals surface area contributed by atoms with Crippen molar-refractivity contribution >= 4 is 0 Å². The zero-order valence-corrected chi connectivity index (χ0v) is 11.6. The molecular weight excluding hydrogens is 208 g/mol. The average molecular weight is 234 g/mol. The quantitative estimate of drug-likeness (QED) is 0.769. The van der Waals surface area contributed by atoms with Crippen LogP contribution < -0.4 is 0 Å². The Morgan fingerprint density at radius 2 is 1.88 bits per heavy atom. The Kier molecular flexibility index (Phi) is 4.25. The summed E-state index contributed by atoms with van der Waals surface area (Å²) >= 11 is 0. The van der Waals surface area contributed by atoms with Gasteiger partial charge in [0.15, 0.2) is 0 Å². The van der Waals surface area contributed by atoms with Crippen LogP contribution in [0.2, 0.25) is 0 Å². The molecule has 1 heterocycles. The number of fused-ring (bicyclic) bond motifs is 1. The Balaban J connectivity index is 1.91. The molecule has 0 saturated heterocycles. The molecule has 1 aliphatic rings.